The molecule has 11 heteroatoms. The average molecular weight is 387 g/mol. The van der Waals surface area contributed by atoms with Gasteiger partial charge in [-0.3, -0.25) is 4.79 Å². The number of carbonyl (C=O) groups excluding carboxylic acids is 1. The van der Waals surface area contributed by atoms with Gasteiger partial charge in [0.2, 0.25) is 10.3 Å². The monoisotopic (exact) mass is 387 g/mol. The van der Waals surface area contributed by atoms with E-state index in [0.29, 0.717) is 20.9 Å². The van der Waals surface area contributed by atoms with Gasteiger partial charge < -0.3 is 5.32 Å². The molecule has 0 saturated heterocycles. The summed E-state index contributed by atoms with van der Waals surface area (Å²) in [4.78, 5) is 20.7. The zero-order valence-electron chi connectivity index (χ0n) is 12.4. The second-order valence-electron chi connectivity index (χ2n) is 4.60. The molecule has 1 aromatic carbocycles. The summed E-state index contributed by atoms with van der Waals surface area (Å²) in [7, 11) is 0. The summed E-state index contributed by atoms with van der Waals surface area (Å²) in [6.45, 7) is 0. The van der Waals surface area contributed by atoms with Crippen LogP contribution in [0.4, 0.5) is 5.00 Å². The van der Waals surface area contributed by atoms with Gasteiger partial charge >= 0.3 is 0 Å². The first-order valence-corrected chi connectivity index (χ1v) is 9.49. The van der Waals surface area contributed by atoms with E-state index in [1.165, 1.54) is 34.4 Å². The molecule has 3 heterocycles. The van der Waals surface area contributed by atoms with Gasteiger partial charge in [0, 0.05) is 17.1 Å². The third kappa shape index (κ3) is 3.57. The Bertz CT molecular complexity index is 981. The Hall–Kier alpha value is -2.63. The van der Waals surface area contributed by atoms with E-state index in [9.17, 15) is 4.79 Å². The number of benzene rings is 1. The number of nitrogens with zero attached hydrogens (tertiary/aromatic N) is 6. The second kappa shape index (κ2) is 7.09. The predicted molar refractivity (Wildman–Crippen MR) is 95.5 cm³/mol. The zero-order valence-corrected chi connectivity index (χ0v) is 14.9. The average Bonchev–Trinajstić information content (AvgIpc) is 3.38. The smallest absolute Gasteiger partial charge is 0.256 e. The van der Waals surface area contributed by atoms with Crippen molar-refractivity contribution in [3.8, 4) is 5.13 Å². The summed E-state index contributed by atoms with van der Waals surface area (Å²) in [6, 6.07) is 9.02. The summed E-state index contributed by atoms with van der Waals surface area (Å²) in [5.41, 5.74) is 0.595. The first kappa shape index (κ1) is 15.9. The first-order valence-electron chi connectivity index (χ1n) is 6.98. The minimum absolute atomic E-state index is 0.173. The Morgan fingerprint density at radius 2 is 2.08 bits per heavy atom. The molecule has 0 saturated carbocycles. The Morgan fingerprint density at radius 3 is 2.88 bits per heavy atom. The topological polar surface area (TPSA) is 98.5 Å². The van der Waals surface area contributed by atoms with Gasteiger partial charge in [-0.05, 0) is 34.3 Å². The van der Waals surface area contributed by atoms with Crippen LogP contribution in [-0.2, 0) is 0 Å². The van der Waals surface area contributed by atoms with Crippen LogP contribution in [-0.4, -0.2) is 36.1 Å². The van der Waals surface area contributed by atoms with Crippen LogP contribution in [0.15, 0.2) is 57.6 Å². The maximum atomic E-state index is 12.2. The lowest BCUT2D eigenvalue weighted by atomic mass is 10.2. The molecule has 3 aromatic heterocycles. The van der Waals surface area contributed by atoms with Gasteiger partial charge in [-0.1, -0.05) is 29.5 Å². The first-order chi connectivity index (χ1) is 12.3. The number of hydrogen-bond acceptors (Lipinski definition) is 9. The number of hydrogen-bond donors (Lipinski definition) is 1. The summed E-state index contributed by atoms with van der Waals surface area (Å²) in [5, 5.41) is 18.2. The van der Waals surface area contributed by atoms with Crippen LogP contribution in [0.1, 0.15) is 10.4 Å². The maximum absolute atomic E-state index is 12.2. The van der Waals surface area contributed by atoms with Gasteiger partial charge in [0.25, 0.3) is 5.91 Å². The van der Waals surface area contributed by atoms with Crippen LogP contribution in [0.2, 0.25) is 0 Å². The van der Waals surface area contributed by atoms with Crippen molar-refractivity contribution in [3.63, 3.8) is 0 Å². The van der Waals surface area contributed by atoms with Crippen LogP contribution in [0.5, 0.6) is 0 Å². The SMILES string of the molecule is O=C(Nc1cnc(Sc2nnnn2-c2nccs2)s1)c1ccccc1. The van der Waals surface area contributed by atoms with Crippen molar-refractivity contribution in [1.29, 1.82) is 0 Å². The number of tetrazole rings is 1. The van der Waals surface area contributed by atoms with E-state index in [4.69, 9.17) is 0 Å². The molecule has 124 valence electrons. The fourth-order valence-corrected chi connectivity index (χ4v) is 4.29. The standard InChI is InChI=1S/C14H9N7OS3/c22-11(9-4-2-1-3-5-9)17-10-8-16-14(24-10)25-13-18-19-20-21(13)12-15-6-7-23-12/h1-8H,(H,17,22). The zero-order chi connectivity index (χ0) is 17.1. The minimum Gasteiger partial charge on any atom is -0.312 e. The molecular weight excluding hydrogens is 378 g/mol. The highest BCUT2D eigenvalue weighted by Gasteiger charge is 2.15. The minimum atomic E-state index is -0.173. The number of carbonyl (C=O) groups is 1. The van der Waals surface area contributed by atoms with E-state index in [1.54, 1.807) is 29.2 Å². The van der Waals surface area contributed by atoms with E-state index >= 15 is 0 Å². The van der Waals surface area contributed by atoms with Gasteiger partial charge in [0.15, 0.2) is 4.34 Å². The molecule has 25 heavy (non-hydrogen) atoms. The summed E-state index contributed by atoms with van der Waals surface area (Å²) in [6.07, 6.45) is 3.31. The Balaban J connectivity index is 1.48. The van der Waals surface area contributed by atoms with Crippen LogP contribution in [0, 0.1) is 0 Å². The lowest BCUT2D eigenvalue weighted by Crippen LogP contribution is -2.10. The maximum Gasteiger partial charge on any atom is 0.256 e. The van der Waals surface area contributed by atoms with Crippen molar-refractivity contribution >= 4 is 45.3 Å². The molecule has 0 atom stereocenters. The van der Waals surface area contributed by atoms with Crippen LogP contribution >= 0.6 is 34.4 Å². The molecule has 0 fully saturated rings. The molecule has 0 aliphatic carbocycles. The molecule has 0 bridgehead atoms. The second-order valence-corrected chi connectivity index (χ2v) is 7.72. The summed E-state index contributed by atoms with van der Waals surface area (Å²) in [5.74, 6) is -0.173. The molecule has 4 aromatic rings. The number of thiazole rings is 2. The Morgan fingerprint density at radius 1 is 1.20 bits per heavy atom. The van der Waals surface area contributed by atoms with E-state index in [2.05, 4.69) is 30.8 Å². The molecule has 0 radical (unpaired) electrons. The fraction of sp³-hybridized carbons (Fsp3) is 0. The largest absolute Gasteiger partial charge is 0.312 e. The third-order valence-electron chi connectivity index (χ3n) is 2.98. The Kier molecular flexibility index (Phi) is 4.50. The third-order valence-corrected chi connectivity index (χ3v) is 5.65. The van der Waals surface area contributed by atoms with Crippen molar-refractivity contribution in [1.82, 2.24) is 30.2 Å². The van der Waals surface area contributed by atoms with Gasteiger partial charge in [0.05, 0.1) is 6.20 Å². The molecule has 4 rings (SSSR count). The van der Waals surface area contributed by atoms with E-state index in [0.717, 1.165) is 4.34 Å². The van der Waals surface area contributed by atoms with Crippen molar-refractivity contribution < 1.29 is 4.79 Å². The highest BCUT2D eigenvalue weighted by Crippen LogP contribution is 2.33. The fourth-order valence-electron chi connectivity index (χ4n) is 1.90. The number of amides is 1. The van der Waals surface area contributed by atoms with Crippen LogP contribution < -0.4 is 5.32 Å². The van der Waals surface area contributed by atoms with E-state index < -0.39 is 0 Å². The highest BCUT2D eigenvalue weighted by molar-refractivity contribution is 8.01. The van der Waals surface area contributed by atoms with E-state index in [1.807, 2.05) is 23.6 Å². The molecule has 1 N–H and O–H groups in total. The van der Waals surface area contributed by atoms with Crippen molar-refractivity contribution in [2.45, 2.75) is 9.50 Å². The molecule has 0 aliphatic heterocycles. The molecule has 8 nitrogen and oxygen atoms in total. The van der Waals surface area contributed by atoms with Gasteiger partial charge in [-0.25, -0.2) is 9.97 Å². The van der Waals surface area contributed by atoms with Crippen molar-refractivity contribution in [2.75, 3.05) is 5.32 Å². The van der Waals surface area contributed by atoms with Crippen LogP contribution in [0.25, 0.3) is 5.13 Å². The Labute approximate surface area is 154 Å². The van der Waals surface area contributed by atoms with E-state index in [-0.39, 0.29) is 5.91 Å². The summed E-state index contributed by atoms with van der Waals surface area (Å²) >= 11 is 4.11. The van der Waals surface area contributed by atoms with Crippen LogP contribution in [0.3, 0.4) is 0 Å². The molecule has 0 unspecified atom stereocenters. The quantitative estimate of drug-likeness (QED) is 0.562. The highest BCUT2D eigenvalue weighted by atomic mass is 32.2. The van der Waals surface area contributed by atoms with Gasteiger partial charge in [-0.15, -0.1) is 16.4 Å². The number of rotatable bonds is 5. The number of anilines is 1. The number of nitrogens with one attached hydrogen (secondary N) is 1. The van der Waals surface area contributed by atoms with Crippen molar-refractivity contribution in [2.24, 2.45) is 0 Å². The van der Waals surface area contributed by atoms with Gasteiger partial charge in [-0.2, -0.15) is 4.68 Å². The van der Waals surface area contributed by atoms with Gasteiger partial charge in [0.1, 0.15) is 5.00 Å². The molecule has 0 aliphatic rings. The normalized spacial score (nSPS) is 10.7. The lowest BCUT2D eigenvalue weighted by molar-refractivity contribution is 0.102. The summed E-state index contributed by atoms with van der Waals surface area (Å²) < 4.78 is 2.27. The molecule has 1 amide bonds. The molecule has 0 spiro atoms. The van der Waals surface area contributed by atoms with Crippen molar-refractivity contribution in [3.05, 3.63) is 53.7 Å². The lowest BCUT2D eigenvalue weighted by Gasteiger charge is -2.01. The predicted octanol–water partition coefficient (Wildman–Crippen LogP) is 2.98. The number of aromatic nitrogens is 6. The molecular formula is C14H9N7OS3.